The maximum absolute atomic E-state index is 6.12. The molecule has 1 nitrogen and oxygen atoms in total. The number of fused-ring (bicyclic) bond motifs is 2. The van der Waals surface area contributed by atoms with Gasteiger partial charge in [-0.15, -0.1) is 0 Å². The van der Waals surface area contributed by atoms with Gasteiger partial charge >= 0.3 is 0 Å². The fraction of sp³-hybridized carbons (Fsp3) is 1.00. The van der Waals surface area contributed by atoms with Crippen LogP contribution < -0.4 is 0 Å². The zero-order chi connectivity index (χ0) is 11.1. The minimum Gasteiger partial charge on any atom is -0.378 e. The second kappa shape index (κ2) is 3.76. The van der Waals surface area contributed by atoms with Crippen molar-refractivity contribution in [1.29, 1.82) is 0 Å². The predicted octanol–water partition coefficient (Wildman–Crippen LogP) is 4.02. The number of rotatable bonds is 4. The molecule has 2 aliphatic carbocycles. The van der Waals surface area contributed by atoms with Gasteiger partial charge in [-0.1, -0.05) is 34.1 Å². The molecule has 15 heavy (non-hydrogen) atoms. The Morgan fingerprint density at radius 3 is 2.47 bits per heavy atom. The van der Waals surface area contributed by atoms with Crippen molar-refractivity contribution in [3.8, 4) is 0 Å². The third kappa shape index (κ3) is 1.54. The molecule has 0 saturated heterocycles. The summed E-state index contributed by atoms with van der Waals surface area (Å²) in [5.74, 6) is 0.911. The third-order valence-electron chi connectivity index (χ3n) is 5.53. The maximum Gasteiger partial charge on any atom is 0.0636 e. The van der Waals surface area contributed by atoms with Gasteiger partial charge in [0.05, 0.1) is 6.10 Å². The minimum atomic E-state index is 0.450. The molecule has 88 valence electrons. The molecule has 0 aliphatic heterocycles. The van der Waals surface area contributed by atoms with Crippen LogP contribution in [0.3, 0.4) is 0 Å². The topological polar surface area (TPSA) is 9.23 Å². The van der Waals surface area contributed by atoms with E-state index in [9.17, 15) is 0 Å². The maximum atomic E-state index is 6.12. The van der Waals surface area contributed by atoms with Crippen LogP contribution in [0.15, 0.2) is 0 Å². The van der Waals surface area contributed by atoms with Gasteiger partial charge in [0.15, 0.2) is 0 Å². The highest BCUT2D eigenvalue weighted by atomic mass is 16.5. The average molecular weight is 210 g/mol. The number of ether oxygens (including phenoxy) is 1. The predicted molar refractivity (Wildman–Crippen MR) is 63.9 cm³/mol. The number of hydrogen-bond acceptors (Lipinski definition) is 1. The summed E-state index contributed by atoms with van der Waals surface area (Å²) in [6.45, 7) is 10.6. The van der Waals surface area contributed by atoms with Crippen molar-refractivity contribution >= 4 is 0 Å². The molecule has 2 aliphatic rings. The molecule has 2 bridgehead atoms. The van der Waals surface area contributed by atoms with E-state index in [1.807, 2.05) is 0 Å². The van der Waals surface area contributed by atoms with Crippen LogP contribution in [0.4, 0.5) is 0 Å². The van der Waals surface area contributed by atoms with Crippen molar-refractivity contribution in [3.63, 3.8) is 0 Å². The highest BCUT2D eigenvalue weighted by Crippen LogP contribution is 2.66. The van der Waals surface area contributed by atoms with E-state index >= 15 is 0 Å². The normalized spacial score (nSPS) is 42.4. The summed E-state index contributed by atoms with van der Waals surface area (Å²) in [6, 6.07) is 0. The van der Waals surface area contributed by atoms with Gasteiger partial charge in [-0.2, -0.15) is 0 Å². The molecule has 2 fully saturated rings. The Morgan fingerprint density at radius 2 is 2.00 bits per heavy atom. The Labute approximate surface area is 94.6 Å². The molecule has 0 aromatic carbocycles. The summed E-state index contributed by atoms with van der Waals surface area (Å²) in [7, 11) is 0. The summed E-state index contributed by atoms with van der Waals surface area (Å²) in [6.07, 6.45) is 7.12. The van der Waals surface area contributed by atoms with Crippen LogP contribution in [0.5, 0.6) is 0 Å². The fourth-order valence-electron chi connectivity index (χ4n) is 3.75. The standard InChI is InChI=1S/C14H26O/c1-5-6-9-15-12-10-11-7-8-14(12,4)13(11,2)3/h11-12H,5-10H2,1-4H3/t11-,12-,14+/m1/s1. The largest absolute Gasteiger partial charge is 0.378 e. The first-order valence-electron chi connectivity index (χ1n) is 6.64. The van der Waals surface area contributed by atoms with Crippen molar-refractivity contribution in [2.24, 2.45) is 16.7 Å². The van der Waals surface area contributed by atoms with Gasteiger partial charge in [-0.05, 0) is 42.4 Å². The van der Waals surface area contributed by atoms with Crippen molar-refractivity contribution in [2.75, 3.05) is 6.61 Å². The fourth-order valence-corrected chi connectivity index (χ4v) is 3.75. The van der Waals surface area contributed by atoms with Gasteiger partial charge < -0.3 is 4.74 Å². The van der Waals surface area contributed by atoms with E-state index in [0.29, 0.717) is 16.9 Å². The van der Waals surface area contributed by atoms with Crippen molar-refractivity contribution in [2.45, 2.75) is 65.9 Å². The summed E-state index contributed by atoms with van der Waals surface area (Å²) < 4.78 is 6.12. The molecule has 0 amide bonds. The third-order valence-corrected chi connectivity index (χ3v) is 5.53. The molecule has 0 aromatic heterocycles. The van der Waals surface area contributed by atoms with Crippen LogP contribution >= 0.6 is 0 Å². The Bertz CT molecular complexity index is 233. The van der Waals surface area contributed by atoms with Gasteiger partial charge in [0.25, 0.3) is 0 Å². The van der Waals surface area contributed by atoms with Crippen LogP contribution in [0.2, 0.25) is 0 Å². The van der Waals surface area contributed by atoms with E-state index in [2.05, 4.69) is 27.7 Å². The summed E-state index contributed by atoms with van der Waals surface area (Å²) in [5.41, 5.74) is 0.954. The van der Waals surface area contributed by atoms with Crippen LogP contribution in [0.1, 0.15) is 59.8 Å². The van der Waals surface area contributed by atoms with E-state index in [-0.39, 0.29) is 0 Å². The summed E-state index contributed by atoms with van der Waals surface area (Å²) in [5, 5.41) is 0. The smallest absolute Gasteiger partial charge is 0.0636 e. The molecule has 3 atom stereocenters. The SMILES string of the molecule is CCCCO[C@@H]1C[C@H]2CC[C@]1(C)C2(C)C. The first kappa shape index (κ1) is 11.4. The molecule has 2 rings (SSSR count). The Hall–Kier alpha value is -0.0400. The lowest BCUT2D eigenvalue weighted by atomic mass is 9.70. The van der Waals surface area contributed by atoms with E-state index in [1.165, 1.54) is 32.1 Å². The van der Waals surface area contributed by atoms with Gasteiger partial charge in [-0.3, -0.25) is 0 Å². The van der Waals surface area contributed by atoms with Crippen LogP contribution in [0.25, 0.3) is 0 Å². The molecule has 0 heterocycles. The molecule has 0 spiro atoms. The van der Waals surface area contributed by atoms with Gasteiger partial charge in [0, 0.05) is 6.61 Å². The first-order chi connectivity index (χ1) is 7.02. The molecular formula is C14H26O. The second-order valence-electron chi connectivity index (χ2n) is 6.32. The number of unbranched alkanes of at least 4 members (excludes halogenated alkanes) is 1. The van der Waals surface area contributed by atoms with Crippen LogP contribution in [-0.2, 0) is 4.74 Å². The monoisotopic (exact) mass is 210 g/mol. The zero-order valence-electron chi connectivity index (χ0n) is 10.8. The number of hydrogen-bond donors (Lipinski definition) is 0. The van der Waals surface area contributed by atoms with Gasteiger partial charge in [-0.25, -0.2) is 0 Å². The highest BCUT2D eigenvalue weighted by Gasteiger charge is 2.61. The quantitative estimate of drug-likeness (QED) is 0.637. The molecule has 0 N–H and O–H groups in total. The Kier molecular flexibility index (Phi) is 2.87. The lowest BCUT2D eigenvalue weighted by molar-refractivity contribution is -0.0472. The van der Waals surface area contributed by atoms with E-state index in [4.69, 9.17) is 4.74 Å². The van der Waals surface area contributed by atoms with Crippen LogP contribution in [0, 0.1) is 16.7 Å². The average Bonchev–Trinajstić information content (AvgIpc) is 2.51. The molecular weight excluding hydrogens is 184 g/mol. The zero-order valence-corrected chi connectivity index (χ0v) is 10.8. The lowest BCUT2D eigenvalue weighted by Gasteiger charge is -2.38. The van der Waals surface area contributed by atoms with Crippen molar-refractivity contribution in [3.05, 3.63) is 0 Å². The van der Waals surface area contributed by atoms with E-state index in [0.717, 1.165) is 12.5 Å². The van der Waals surface area contributed by atoms with Crippen LogP contribution in [-0.4, -0.2) is 12.7 Å². The lowest BCUT2D eigenvalue weighted by Crippen LogP contribution is -2.37. The molecule has 2 saturated carbocycles. The van der Waals surface area contributed by atoms with Crippen molar-refractivity contribution in [1.82, 2.24) is 0 Å². The molecule has 1 heteroatoms. The van der Waals surface area contributed by atoms with Crippen molar-refractivity contribution < 1.29 is 4.74 Å². The molecule has 0 aromatic rings. The van der Waals surface area contributed by atoms with Gasteiger partial charge in [0.1, 0.15) is 0 Å². The Balaban J connectivity index is 1.99. The summed E-state index contributed by atoms with van der Waals surface area (Å²) in [4.78, 5) is 0. The van der Waals surface area contributed by atoms with Gasteiger partial charge in [0.2, 0.25) is 0 Å². The van der Waals surface area contributed by atoms with E-state index < -0.39 is 0 Å². The first-order valence-corrected chi connectivity index (χ1v) is 6.64. The molecule has 0 radical (unpaired) electrons. The van der Waals surface area contributed by atoms with E-state index in [1.54, 1.807) is 0 Å². The minimum absolute atomic E-state index is 0.450. The Morgan fingerprint density at radius 1 is 1.27 bits per heavy atom. The summed E-state index contributed by atoms with van der Waals surface area (Å²) >= 11 is 0. The second-order valence-corrected chi connectivity index (χ2v) is 6.32. The molecule has 0 unspecified atom stereocenters. The highest BCUT2D eigenvalue weighted by molar-refractivity contribution is 5.11.